The second kappa shape index (κ2) is 11.7. The third-order valence-corrected chi connectivity index (χ3v) is 7.07. The summed E-state index contributed by atoms with van der Waals surface area (Å²) in [5.41, 5.74) is 0. The lowest BCUT2D eigenvalue weighted by Crippen LogP contribution is -3.29. The molecule has 5 rings (SSSR count). The molecule has 6 heteroatoms. The van der Waals surface area contributed by atoms with Crippen molar-refractivity contribution in [2.45, 2.75) is 12.2 Å². The van der Waals surface area contributed by atoms with E-state index in [1.165, 1.54) is 9.80 Å². The van der Waals surface area contributed by atoms with Crippen LogP contribution in [0.1, 0.15) is 0 Å². The van der Waals surface area contributed by atoms with Crippen LogP contribution in [0, 0.1) is 0 Å². The number of hydrogen-bond acceptors (Lipinski definition) is 4. The van der Waals surface area contributed by atoms with Gasteiger partial charge in [-0.1, -0.05) is 72.8 Å². The Morgan fingerprint density at radius 3 is 1.39 bits per heavy atom. The van der Waals surface area contributed by atoms with E-state index in [1.54, 1.807) is 0 Å². The number of fused-ring (bicyclic) bond motifs is 2. The molecule has 188 valence electrons. The first kappa shape index (κ1) is 24.5. The van der Waals surface area contributed by atoms with Crippen LogP contribution in [0.15, 0.2) is 84.9 Å². The summed E-state index contributed by atoms with van der Waals surface area (Å²) < 4.78 is 11.9. The van der Waals surface area contributed by atoms with Crippen LogP contribution in [0.4, 0.5) is 0 Å². The first-order valence-electron chi connectivity index (χ1n) is 12.9. The van der Waals surface area contributed by atoms with Crippen LogP contribution in [-0.4, -0.2) is 74.9 Å². The largest absolute Gasteiger partial charge is 0.490 e. The molecule has 0 radical (unpaired) electrons. The molecule has 4 aromatic carbocycles. The average Bonchev–Trinajstić information content (AvgIpc) is 2.92. The van der Waals surface area contributed by atoms with Crippen molar-refractivity contribution in [3.05, 3.63) is 84.9 Å². The maximum Gasteiger partial charge on any atom is 0.137 e. The van der Waals surface area contributed by atoms with Crippen molar-refractivity contribution in [1.29, 1.82) is 0 Å². The van der Waals surface area contributed by atoms with Gasteiger partial charge in [-0.25, -0.2) is 0 Å². The standard InChI is InChI=1S/C30H34N2O4/c33-25(21-35-29-13-5-9-23-7-1-3-11-27(23)29)19-31-15-17-32(18-16-31)20-26(34)22-36-30-14-6-10-24-8-2-4-12-28(24)30/h1-14,25-26,33-34H,15-22H2/p+2/t25-,26+. The highest BCUT2D eigenvalue weighted by Crippen LogP contribution is 2.26. The minimum atomic E-state index is -0.514. The molecule has 1 fully saturated rings. The minimum absolute atomic E-state index is 0.290. The molecule has 1 heterocycles. The van der Waals surface area contributed by atoms with Gasteiger partial charge in [0.05, 0.1) is 0 Å². The predicted molar refractivity (Wildman–Crippen MR) is 142 cm³/mol. The Morgan fingerprint density at radius 2 is 0.944 bits per heavy atom. The number of rotatable bonds is 10. The average molecular weight is 489 g/mol. The fraction of sp³-hybridized carbons (Fsp3) is 0.333. The van der Waals surface area contributed by atoms with Crippen LogP contribution in [-0.2, 0) is 0 Å². The highest BCUT2D eigenvalue weighted by molar-refractivity contribution is 5.88. The molecule has 0 unspecified atom stereocenters. The molecule has 2 atom stereocenters. The van der Waals surface area contributed by atoms with E-state index >= 15 is 0 Å². The molecule has 6 nitrogen and oxygen atoms in total. The fourth-order valence-corrected chi connectivity index (χ4v) is 5.16. The van der Waals surface area contributed by atoms with Gasteiger partial charge in [-0.15, -0.1) is 0 Å². The molecule has 1 aliphatic heterocycles. The van der Waals surface area contributed by atoms with Crippen molar-refractivity contribution in [3.8, 4) is 11.5 Å². The van der Waals surface area contributed by atoms with Gasteiger partial charge >= 0.3 is 0 Å². The van der Waals surface area contributed by atoms with Crippen molar-refractivity contribution in [2.75, 3.05) is 52.5 Å². The van der Waals surface area contributed by atoms with Crippen molar-refractivity contribution in [2.24, 2.45) is 0 Å². The Kier molecular flexibility index (Phi) is 7.98. The van der Waals surface area contributed by atoms with E-state index in [1.807, 2.05) is 60.7 Å². The van der Waals surface area contributed by atoms with Gasteiger partial charge in [-0.05, 0) is 22.9 Å². The smallest absolute Gasteiger partial charge is 0.137 e. The lowest BCUT2D eigenvalue weighted by molar-refractivity contribution is -1.01. The molecular weight excluding hydrogens is 452 g/mol. The number of piperazine rings is 1. The summed E-state index contributed by atoms with van der Waals surface area (Å²) >= 11 is 0. The lowest BCUT2D eigenvalue weighted by Gasteiger charge is -2.31. The molecule has 0 aliphatic carbocycles. The van der Waals surface area contributed by atoms with Crippen LogP contribution in [0.3, 0.4) is 0 Å². The Balaban J connectivity index is 1.03. The predicted octanol–water partition coefficient (Wildman–Crippen LogP) is 0.956. The Bertz CT molecular complexity index is 1160. The van der Waals surface area contributed by atoms with Gasteiger partial charge in [0.15, 0.2) is 0 Å². The second-order valence-electron chi connectivity index (χ2n) is 9.79. The lowest BCUT2D eigenvalue weighted by atomic mass is 10.1. The number of hydrogen-bond donors (Lipinski definition) is 4. The number of ether oxygens (including phenoxy) is 2. The fourth-order valence-electron chi connectivity index (χ4n) is 5.16. The monoisotopic (exact) mass is 488 g/mol. The van der Waals surface area contributed by atoms with Gasteiger partial charge in [-0.3, -0.25) is 0 Å². The number of benzene rings is 4. The number of nitrogens with one attached hydrogen (secondary N) is 2. The highest BCUT2D eigenvalue weighted by atomic mass is 16.5. The minimum Gasteiger partial charge on any atom is -0.490 e. The van der Waals surface area contributed by atoms with E-state index in [4.69, 9.17) is 9.47 Å². The van der Waals surface area contributed by atoms with E-state index in [0.717, 1.165) is 59.2 Å². The van der Waals surface area contributed by atoms with Gasteiger partial charge in [0.2, 0.25) is 0 Å². The van der Waals surface area contributed by atoms with E-state index in [0.29, 0.717) is 13.1 Å². The quantitative estimate of drug-likeness (QED) is 0.269. The van der Waals surface area contributed by atoms with E-state index in [-0.39, 0.29) is 13.2 Å². The molecule has 0 saturated carbocycles. The van der Waals surface area contributed by atoms with Crippen LogP contribution in [0.2, 0.25) is 0 Å². The maximum absolute atomic E-state index is 10.6. The third-order valence-electron chi connectivity index (χ3n) is 7.07. The Morgan fingerprint density at radius 1 is 0.556 bits per heavy atom. The van der Waals surface area contributed by atoms with Crippen LogP contribution in [0.25, 0.3) is 21.5 Å². The van der Waals surface area contributed by atoms with Crippen molar-refractivity contribution < 1.29 is 29.5 Å². The SMILES string of the molecule is O[C@H](COc1cccc2ccccc12)C[NH+]1CC[NH+](C[C@@H](O)COc2cccc3ccccc23)CC1. The first-order chi connectivity index (χ1) is 17.7. The van der Waals surface area contributed by atoms with E-state index in [2.05, 4.69) is 24.3 Å². The summed E-state index contributed by atoms with van der Waals surface area (Å²) in [7, 11) is 0. The summed E-state index contributed by atoms with van der Waals surface area (Å²) in [6, 6.07) is 28.3. The zero-order valence-electron chi connectivity index (χ0n) is 20.6. The molecule has 0 aromatic heterocycles. The normalized spacial score (nSPS) is 19.7. The summed E-state index contributed by atoms with van der Waals surface area (Å²) in [6.45, 7) is 5.80. The maximum atomic E-state index is 10.6. The molecule has 0 spiro atoms. The van der Waals surface area contributed by atoms with Gasteiger partial charge in [-0.2, -0.15) is 0 Å². The van der Waals surface area contributed by atoms with E-state index in [9.17, 15) is 10.2 Å². The van der Waals surface area contributed by atoms with Crippen LogP contribution >= 0.6 is 0 Å². The summed E-state index contributed by atoms with van der Waals surface area (Å²) in [6.07, 6.45) is -1.03. The number of aliphatic hydroxyl groups excluding tert-OH is 2. The number of aliphatic hydroxyl groups is 2. The van der Waals surface area contributed by atoms with Gasteiger partial charge in [0.1, 0.15) is 76.2 Å². The van der Waals surface area contributed by atoms with Gasteiger partial charge in [0, 0.05) is 10.8 Å². The van der Waals surface area contributed by atoms with E-state index < -0.39 is 12.2 Å². The van der Waals surface area contributed by atoms with Crippen molar-refractivity contribution >= 4 is 21.5 Å². The van der Waals surface area contributed by atoms with Crippen LogP contribution < -0.4 is 19.3 Å². The molecule has 0 bridgehead atoms. The Hall–Kier alpha value is -3.16. The molecule has 36 heavy (non-hydrogen) atoms. The molecular formula is C30H36N2O4+2. The topological polar surface area (TPSA) is 67.8 Å². The second-order valence-corrected chi connectivity index (χ2v) is 9.79. The summed E-state index contributed by atoms with van der Waals surface area (Å²) in [5.74, 6) is 1.63. The first-order valence-corrected chi connectivity index (χ1v) is 12.9. The zero-order valence-corrected chi connectivity index (χ0v) is 20.6. The molecule has 4 N–H and O–H groups in total. The zero-order chi connectivity index (χ0) is 24.7. The van der Waals surface area contributed by atoms with Gasteiger partial charge in [0.25, 0.3) is 0 Å². The van der Waals surface area contributed by atoms with Gasteiger partial charge < -0.3 is 29.5 Å². The van der Waals surface area contributed by atoms with Crippen molar-refractivity contribution in [1.82, 2.24) is 0 Å². The third kappa shape index (κ3) is 6.15. The summed E-state index contributed by atoms with van der Waals surface area (Å²) in [4.78, 5) is 2.77. The van der Waals surface area contributed by atoms with Crippen LogP contribution in [0.5, 0.6) is 11.5 Å². The molecule has 1 aliphatic rings. The summed E-state index contributed by atoms with van der Waals surface area (Å²) in [5, 5.41) is 25.6. The van der Waals surface area contributed by atoms with Crippen molar-refractivity contribution in [3.63, 3.8) is 0 Å². The molecule has 0 amide bonds. The molecule has 1 saturated heterocycles. The highest BCUT2D eigenvalue weighted by Gasteiger charge is 2.27. The number of quaternary nitrogens is 2. The Labute approximate surface area is 212 Å². The molecule has 4 aromatic rings.